The van der Waals surface area contributed by atoms with Crippen molar-refractivity contribution in [2.75, 3.05) is 26.2 Å². The van der Waals surface area contributed by atoms with Crippen molar-refractivity contribution >= 4 is 5.91 Å². The molecule has 0 unspecified atom stereocenters. The summed E-state index contributed by atoms with van der Waals surface area (Å²) in [7, 11) is 0. The molecule has 114 valence electrons. The minimum Gasteiger partial charge on any atom is -0.377 e. The van der Waals surface area contributed by atoms with Crippen molar-refractivity contribution in [2.24, 2.45) is 5.92 Å². The fraction of sp³-hybridized carbons (Fsp3) is 0.938. The van der Waals surface area contributed by atoms with Gasteiger partial charge in [-0.3, -0.25) is 9.69 Å². The molecular formula is C16H28N2O2. The van der Waals surface area contributed by atoms with Crippen LogP contribution in [0.15, 0.2) is 0 Å². The molecule has 0 bridgehead atoms. The highest BCUT2D eigenvalue weighted by Gasteiger charge is 2.29. The molecule has 3 rings (SSSR count). The van der Waals surface area contributed by atoms with Gasteiger partial charge < -0.3 is 10.1 Å². The van der Waals surface area contributed by atoms with Crippen LogP contribution in [0.5, 0.6) is 0 Å². The lowest BCUT2D eigenvalue weighted by atomic mass is 10.1. The zero-order chi connectivity index (χ0) is 13.8. The van der Waals surface area contributed by atoms with Crippen LogP contribution in [0.1, 0.15) is 51.4 Å². The Morgan fingerprint density at radius 3 is 2.55 bits per heavy atom. The Labute approximate surface area is 122 Å². The quantitative estimate of drug-likeness (QED) is 0.775. The molecule has 3 fully saturated rings. The predicted octanol–water partition coefficient (Wildman–Crippen LogP) is 1.94. The zero-order valence-electron chi connectivity index (χ0n) is 12.5. The van der Waals surface area contributed by atoms with Gasteiger partial charge in [0.05, 0.1) is 12.6 Å². The topological polar surface area (TPSA) is 41.6 Å². The van der Waals surface area contributed by atoms with E-state index >= 15 is 0 Å². The molecule has 2 saturated carbocycles. The summed E-state index contributed by atoms with van der Waals surface area (Å²) in [6.45, 7) is 3.30. The molecule has 2 aliphatic carbocycles. The third-order valence-corrected chi connectivity index (χ3v) is 4.93. The molecule has 1 atom stereocenters. The standard InChI is InChI=1S/C16H28N2O2/c19-16(17-10-13-7-8-13)12-18(14-4-1-2-5-14)11-15-6-3-9-20-15/h13-15H,1-12H2,(H,17,19)/t15-/m0/s1. The van der Waals surface area contributed by atoms with E-state index in [0.717, 1.165) is 32.0 Å². The summed E-state index contributed by atoms with van der Waals surface area (Å²) in [6.07, 6.45) is 10.4. The van der Waals surface area contributed by atoms with E-state index in [1.54, 1.807) is 0 Å². The Morgan fingerprint density at radius 2 is 1.90 bits per heavy atom. The average Bonchev–Trinajstić information content (AvgIpc) is 2.93. The van der Waals surface area contributed by atoms with Gasteiger partial charge in [0.2, 0.25) is 5.91 Å². The fourth-order valence-electron chi connectivity index (χ4n) is 3.48. The lowest BCUT2D eigenvalue weighted by Gasteiger charge is -2.30. The van der Waals surface area contributed by atoms with Crippen LogP contribution in [0, 0.1) is 5.92 Å². The van der Waals surface area contributed by atoms with Crippen LogP contribution in [-0.4, -0.2) is 49.2 Å². The van der Waals surface area contributed by atoms with Gasteiger partial charge in [-0.1, -0.05) is 12.8 Å². The van der Waals surface area contributed by atoms with Gasteiger partial charge >= 0.3 is 0 Å². The van der Waals surface area contributed by atoms with Gasteiger partial charge in [-0.2, -0.15) is 0 Å². The van der Waals surface area contributed by atoms with Gasteiger partial charge in [-0.15, -0.1) is 0 Å². The smallest absolute Gasteiger partial charge is 0.234 e. The number of amides is 1. The summed E-state index contributed by atoms with van der Waals surface area (Å²) in [5.74, 6) is 0.971. The molecular weight excluding hydrogens is 252 g/mol. The highest BCUT2D eigenvalue weighted by atomic mass is 16.5. The Balaban J connectivity index is 1.48. The van der Waals surface area contributed by atoms with E-state index in [2.05, 4.69) is 10.2 Å². The van der Waals surface area contributed by atoms with Crippen LogP contribution in [0.25, 0.3) is 0 Å². The highest BCUT2D eigenvalue weighted by Crippen LogP contribution is 2.28. The molecule has 3 aliphatic rings. The lowest BCUT2D eigenvalue weighted by molar-refractivity contribution is -0.123. The summed E-state index contributed by atoms with van der Waals surface area (Å²) in [5, 5.41) is 3.10. The normalized spacial score (nSPS) is 27.4. The second-order valence-electron chi connectivity index (χ2n) is 6.75. The van der Waals surface area contributed by atoms with E-state index < -0.39 is 0 Å². The first-order valence-electron chi connectivity index (χ1n) is 8.43. The van der Waals surface area contributed by atoms with Gasteiger partial charge in [0.15, 0.2) is 0 Å². The van der Waals surface area contributed by atoms with Crippen LogP contribution in [-0.2, 0) is 9.53 Å². The molecule has 0 aromatic heterocycles. The SMILES string of the molecule is O=C(CN(C[C@@H]1CCCO1)C1CCCC1)NCC1CC1. The largest absolute Gasteiger partial charge is 0.377 e. The van der Waals surface area contributed by atoms with Crippen molar-refractivity contribution in [1.82, 2.24) is 10.2 Å². The molecule has 1 saturated heterocycles. The number of hydrogen-bond donors (Lipinski definition) is 1. The van der Waals surface area contributed by atoms with Gasteiger partial charge in [0.1, 0.15) is 0 Å². The number of rotatable bonds is 7. The number of carbonyl (C=O) groups excluding carboxylic acids is 1. The molecule has 20 heavy (non-hydrogen) atoms. The maximum Gasteiger partial charge on any atom is 0.234 e. The molecule has 1 heterocycles. The van der Waals surface area contributed by atoms with Gasteiger partial charge in [-0.25, -0.2) is 0 Å². The number of carbonyl (C=O) groups is 1. The molecule has 0 aromatic rings. The summed E-state index contributed by atoms with van der Waals surface area (Å²) < 4.78 is 5.76. The van der Waals surface area contributed by atoms with Gasteiger partial charge in [0.25, 0.3) is 0 Å². The molecule has 1 aliphatic heterocycles. The first kappa shape index (κ1) is 14.3. The van der Waals surface area contributed by atoms with E-state index in [1.807, 2.05) is 0 Å². The summed E-state index contributed by atoms with van der Waals surface area (Å²) in [4.78, 5) is 14.5. The zero-order valence-corrected chi connectivity index (χ0v) is 12.5. The second kappa shape index (κ2) is 6.90. The first-order chi connectivity index (χ1) is 9.81. The van der Waals surface area contributed by atoms with E-state index in [4.69, 9.17) is 4.74 Å². The van der Waals surface area contributed by atoms with Crippen molar-refractivity contribution in [3.8, 4) is 0 Å². The van der Waals surface area contributed by atoms with E-state index in [9.17, 15) is 4.79 Å². The molecule has 1 N–H and O–H groups in total. The number of nitrogens with zero attached hydrogens (tertiary/aromatic N) is 1. The van der Waals surface area contributed by atoms with Crippen molar-refractivity contribution in [2.45, 2.75) is 63.5 Å². The number of ether oxygens (including phenoxy) is 1. The van der Waals surface area contributed by atoms with Crippen LogP contribution in [0.2, 0.25) is 0 Å². The second-order valence-corrected chi connectivity index (χ2v) is 6.75. The molecule has 0 radical (unpaired) electrons. The van der Waals surface area contributed by atoms with Crippen molar-refractivity contribution in [3.05, 3.63) is 0 Å². The summed E-state index contributed by atoms with van der Waals surface area (Å²) in [5.41, 5.74) is 0. The van der Waals surface area contributed by atoms with Crippen LogP contribution in [0.3, 0.4) is 0 Å². The van der Waals surface area contributed by atoms with E-state index in [-0.39, 0.29) is 5.91 Å². The Bertz CT molecular complexity index is 318. The average molecular weight is 280 g/mol. The molecule has 4 nitrogen and oxygen atoms in total. The molecule has 4 heteroatoms. The van der Waals surface area contributed by atoms with E-state index in [1.165, 1.54) is 44.9 Å². The van der Waals surface area contributed by atoms with Gasteiger partial charge in [0, 0.05) is 25.7 Å². The maximum absolute atomic E-state index is 12.1. The Hall–Kier alpha value is -0.610. The fourth-order valence-corrected chi connectivity index (χ4v) is 3.48. The van der Waals surface area contributed by atoms with Crippen molar-refractivity contribution < 1.29 is 9.53 Å². The Kier molecular flexibility index (Phi) is 4.94. The minimum atomic E-state index is 0.210. The Morgan fingerprint density at radius 1 is 1.10 bits per heavy atom. The van der Waals surface area contributed by atoms with Crippen molar-refractivity contribution in [3.63, 3.8) is 0 Å². The molecule has 0 spiro atoms. The van der Waals surface area contributed by atoms with Gasteiger partial charge in [-0.05, 0) is 44.4 Å². The predicted molar refractivity (Wildman–Crippen MR) is 78.5 cm³/mol. The number of hydrogen-bond acceptors (Lipinski definition) is 3. The van der Waals surface area contributed by atoms with Crippen LogP contribution >= 0.6 is 0 Å². The maximum atomic E-state index is 12.1. The minimum absolute atomic E-state index is 0.210. The summed E-state index contributed by atoms with van der Waals surface area (Å²) in [6, 6.07) is 0.603. The van der Waals surface area contributed by atoms with E-state index in [0.29, 0.717) is 18.7 Å². The number of nitrogens with one attached hydrogen (secondary N) is 1. The first-order valence-corrected chi connectivity index (χ1v) is 8.43. The molecule has 1 amide bonds. The van der Waals surface area contributed by atoms with Crippen LogP contribution < -0.4 is 5.32 Å². The highest BCUT2D eigenvalue weighted by molar-refractivity contribution is 5.78. The van der Waals surface area contributed by atoms with Crippen molar-refractivity contribution in [1.29, 1.82) is 0 Å². The monoisotopic (exact) mass is 280 g/mol. The lowest BCUT2D eigenvalue weighted by Crippen LogP contribution is -2.45. The third-order valence-electron chi connectivity index (χ3n) is 4.93. The van der Waals surface area contributed by atoms with Crippen LogP contribution in [0.4, 0.5) is 0 Å². The molecule has 0 aromatic carbocycles. The third kappa shape index (κ3) is 4.19. The summed E-state index contributed by atoms with van der Waals surface area (Å²) >= 11 is 0.